The maximum Gasteiger partial charge on any atom is 0.321 e. The molecule has 1 N–H and O–H groups in total. The van der Waals surface area contributed by atoms with Gasteiger partial charge < -0.3 is 24.2 Å². The van der Waals surface area contributed by atoms with Crippen molar-refractivity contribution in [1.29, 1.82) is 0 Å². The lowest BCUT2D eigenvalue weighted by molar-refractivity contribution is 0.161. The van der Waals surface area contributed by atoms with Gasteiger partial charge >= 0.3 is 6.03 Å². The first-order valence-corrected chi connectivity index (χ1v) is 10.3. The van der Waals surface area contributed by atoms with E-state index in [0.29, 0.717) is 55.2 Å². The highest BCUT2D eigenvalue weighted by molar-refractivity contribution is 5.90. The molecule has 0 bridgehead atoms. The summed E-state index contributed by atoms with van der Waals surface area (Å²) < 4.78 is 16.6. The Morgan fingerprint density at radius 1 is 1.13 bits per heavy atom. The molecule has 2 aliphatic heterocycles. The third-order valence-electron chi connectivity index (χ3n) is 5.67. The van der Waals surface area contributed by atoms with Gasteiger partial charge in [-0.15, -0.1) is 0 Å². The maximum absolute atomic E-state index is 13.0. The predicted molar refractivity (Wildman–Crippen MR) is 112 cm³/mol. The molecule has 0 spiro atoms. The summed E-state index contributed by atoms with van der Waals surface area (Å²) in [7, 11) is 0. The Morgan fingerprint density at radius 2 is 1.94 bits per heavy atom. The van der Waals surface area contributed by atoms with E-state index in [0.717, 1.165) is 18.4 Å². The fraction of sp³-hybridized carbons (Fsp3) is 0.364. The van der Waals surface area contributed by atoms with Crippen LogP contribution in [0.25, 0.3) is 11.5 Å². The Bertz CT molecular complexity index is 1090. The first-order valence-electron chi connectivity index (χ1n) is 10.3. The lowest BCUT2D eigenvalue weighted by Gasteiger charge is -2.38. The van der Waals surface area contributed by atoms with E-state index in [-0.39, 0.29) is 6.03 Å². The van der Waals surface area contributed by atoms with Crippen LogP contribution in [0.2, 0.25) is 0 Å². The summed E-state index contributed by atoms with van der Waals surface area (Å²) in [4.78, 5) is 23.4. The number of aromatic nitrogens is 3. The molecule has 160 valence electrons. The van der Waals surface area contributed by atoms with Crippen molar-refractivity contribution >= 4 is 11.7 Å². The Kier molecular flexibility index (Phi) is 4.93. The van der Waals surface area contributed by atoms with Crippen molar-refractivity contribution in [3.05, 3.63) is 48.5 Å². The number of urea groups is 1. The molecule has 0 aliphatic carbocycles. The lowest BCUT2D eigenvalue weighted by atomic mass is 9.81. The van der Waals surface area contributed by atoms with Crippen LogP contribution in [-0.4, -0.2) is 52.4 Å². The van der Waals surface area contributed by atoms with E-state index in [9.17, 15) is 4.79 Å². The minimum Gasteiger partial charge on any atom is -0.486 e. The second kappa shape index (κ2) is 7.90. The van der Waals surface area contributed by atoms with Crippen LogP contribution in [0, 0.1) is 0 Å². The van der Waals surface area contributed by atoms with Gasteiger partial charge in [0.15, 0.2) is 17.3 Å². The van der Waals surface area contributed by atoms with Gasteiger partial charge in [-0.2, -0.15) is 4.98 Å². The average Bonchev–Trinajstić information content (AvgIpc) is 3.31. The van der Waals surface area contributed by atoms with Gasteiger partial charge in [0.1, 0.15) is 13.2 Å². The van der Waals surface area contributed by atoms with Gasteiger partial charge in [-0.3, -0.25) is 4.98 Å². The number of amides is 2. The van der Waals surface area contributed by atoms with Gasteiger partial charge in [0.05, 0.1) is 0 Å². The van der Waals surface area contributed by atoms with E-state index < -0.39 is 5.41 Å². The molecule has 0 saturated carbocycles. The lowest BCUT2D eigenvalue weighted by Crippen LogP contribution is -2.49. The molecular formula is C22H23N5O4. The summed E-state index contributed by atoms with van der Waals surface area (Å²) in [6.45, 7) is 4.27. The molecule has 1 saturated heterocycles. The van der Waals surface area contributed by atoms with E-state index in [1.54, 1.807) is 23.4 Å². The predicted octanol–water partition coefficient (Wildman–Crippen LogP) is 3.49. The van der Waals surface area contributed by atoms with Crippen LogP contribution >= 0.6 is 0 Å². The van der Waals surface area contributed by atoms with Crippen LogP contribution < -0.4 is 14.8 Å². The van der Waals surface area contributed by atoms with Crippen molar-refractivity contribution in [3.63, 3.8) is 0 Å². The van der Waals surface area contributed by atoms with Crippen molar-refractivity contribution in [3.8, 4) is 23.0 Å². The normalized spacial score (nSPS) is 20.4. The number of hydrogen-bond donors (Lipinski definition) is 1. The van der Waals surface area contributed by atoms with Crippen LogP contribution in [-0.2, 0) is 5.41 Å². The monoisotopic (exact) mass is 421 g/mol. The van der Waals surface area contributed by atoms with Crippen molar-refractivity contribution in [2.24, 2.45) is 0 Å². The van der Waals surface area contributed by atoms with Gasteiger partial charge in [-0.25, -0.2) is 4.79 Å². The molecular weight excluding hydrogens is 398 g/mol. The number of pyridine rings is 1. The van der Waals surface area contributed by atoms with E-state index in [2.05, 4.69) is 27.4 Å². The number of carbonyl (C=O) groups excluding carboxylic acids is 1. The molecule has 9 heteroatoms. The summed E-state index contributed by atoms with van der Waals surface area (Å²) in [5.41, 5.74) is 1.10. The fourth-order valence-electron chi connectivity index (χ4n) is 4.00. The van der Waals surface area contributed by atoms with Gasteiger partial charge in [0, 0.05) is 48.2 Å². The standard InChI is InChI=1S/C22H23N5O4/c1-22(20-25-19(31-26-20)15-5-8-23-9-6-15)7-2-10-27(14-22)21(28)24-16-3-4-17-18(13-16)30-12-11-29-17/h3-6,8-9,13H,2,7,10-12,14H2,1H3,(H,24,28). The highest BCUT2D eigenvalue weighted by Gasteiger charge is 2.38. The second-order valence-electron chi connectivity index (χ2n) is 8.03. The number of likely N-dealkylation sites (tertiary alicyclic amines) is 1. The summed E-state index contributed by atoms with van der Waals surface area (Å²) in [6.07, 6.45) is 5.09. The van der Waals surface area contributed by atoms with E-state index in [1.807, 2.05) is 24.3 Å². The third kappa shape index (κ3) is 3.90. The number of nitrogens with one attached hydrogen (secondary N) is 1. The zero-order valence-corrected chi connectivity index (χ0v) is 17.2. The minimum atomic E-state index is -0.392. The zero-order valence-electron chi connectivity index (χ0n) is 17.2. The fourth-order valence-corrected chi connectivity index (χ4v) is 4.00. The van der Waals surface area contributed by atoms with Crippen LogP contribution in [0.1, 0.15) is 25.6 Å². The van der Waals surface area contributed by atoms with E-state index >= 15 is 0 Å². The Balaban J connectivity index is 1.29. The number of nitrogens with zero attached hydrogens (tertiary/aromatic N) is 4. The maximum atomic E-state index is 13.0. The molecule has 1 atom stereocenters. The van der Waals surface area contributed by atoms with Crippen molar-refractivity contribution in [2.45, 2.75) is 25.2 Å². The molecule has 1 fully saturated rings. The molecule has 3 aromatic rings. The second-order valence-corrected chi connectivity index (χ2v) is 8.03. The SMILES string of the molecule is CC1(c2noc(-c3ccncc3)n2)CCCN(C(=O)Nc2ccc3c(c2)OCCO3)C1. The number of carbonyl (C=O) groups is 1. The molecule has 2 aromatic heterocycles. The van der Waals surface area contributed by atoms with E-state index in [4.69, 9.17) is 14.0 Å². The number of piperidine rings is 1. The van der Waals surface area contributed by atoms with Crippen LogP contribution in [0.5, 0.6) is 11.5 Å². The van der Waals surface area contributed by atoms with Crippen molar-refractivity contribution in [2.75, 3.05) is 31.6 Å². The average molecular weight is 421 g/mol. The summed E-state index contributed by atoms with van der Waals surface area (Å²) in [6, 6.07) is 8.90. The van der Waals surface area contributed by atoms with E-state index in [1.165, 1.54) is 0 Å². The third-order valence-corrected chi connectivity index (χ3v) is 5.67. The van der Waals surface area contributed by atoms with Crippen LogP contribution in [0.15, 0.2) is 47.2 Å². The highest BCUT2D eigenvalue weighted by Crippen LogP contribution is 2.35. The number of anilines is 1. The smallest absolute Gasteiger partial charge is 0.321 e. The molecule has 2 aliphatic rings. The number of fused-ring (bicyclic) bond motifs is 1. The van der Waals surface area contributed by atoms with Crippen LogP contribution in [0.4, 0.5) is 10.5 Å². The Hall–Kier alpha value is -3.62. The Labute approximate surface area is 179 Å². The molecule has 2 amide bonds. The number of benzene rings is 1. The largest absolute Gasteiger partial charge is 0.486 e. The van der Waals surface area contributed by atoms with Gasteiger partial charge in [-0.05, 0) is 37.1 Å². The number of rotatable bonds is 3. The molecule has 1 unspecified atom stereocenters. The quantitative estimate of drug-likeness (QED) is 0.690. The topological polar surface area (TPSA) is 103 Å². The summed E-state index contributed by atoms with van der Waals surface area (Å²) in [5.74, 6) is 2.40. The minimum absolute atomic E-state index is 0.166. The molecule has 1 aromatic carbocycles. The van der Waals surface area contributed by atoms with Crippen LogP contribution in [0.3, 0.4) is 0 Å². The highest BCUT2D eigenvalue weighted by atomic mass is 16.6. The summed E-state index contributed by atoms with van der Waals surface area (Å²) in [5, 5.41) is 7.18. The van der Waals surface area contributed by atoms with Gasteiger partial charge in [0.25, 0.3) is 5.89 Å². The van der Waals surface area contributed by atoms with Gasteiger partial charge in [-0.1, -0.05) is 12.1 Å². The molecule has 0 radical (unpaired) electrons. The summed E-state index contributed by atoms with van der Waals surface area (Å²) >= 11 is 0. The number of hydrogen-bond acceptors (Lipinski definition) is 7. The van der Waals surface area contributed by atoms with Crippen molar-refractivity contribution in [1.82, 2.24) is 20.0 Å². The zero-order chi connectivity index (χ0) is 21.3. The van der Waals surface area contributed by atoms with Crippen molar-refractivity contribution < 1.29 is 18.8 Å². The first kappa shape index (κ1) is 19.3. The number of ether oxygens (including phenoxy) is 2. The first-order chi connectivity index (χ1) is 15.1. The molecule has 5 rings (SSSR count). The Morgan fingerprint density at radius 3 is 2.77 bits per heavy atom. The molecule has 4 heterocycles. The van der Waals surface area contributed by atoms with Gasteiger partial charge in [0.2, 0.25) is 0 Å². The molecule has 31 heavy (non-hydrogen) atoms. The molecule has 9 nitrogen and oxygen atoms in total.